The predicted molar refractivity (Wildman–Crippen MR) is 82.2 cm³/mol. The van der Waals surface area contributed by atoms with E-state index >= 15 is 0 Å². The van der Waals surface area contributed by atoms with E-state index in [4.69, 9.17) is 9.47 Å². The van der Waals surface area contributed by atoms with Crippen LogP contribution in [0.25, 0.3) is 0 Å². The summed E-state index contributed by atoms with van der Waals surface area (Å²) < 4.78 is 11.1. The number of nitrogens with zero attached hydrogens (tertiary/aromatic N) is 2. The summed E-state index contributed by atoms with van der Waals surface area (Å²) in [4.78, 5) is 18.3. The molecule has 0 N–H and O–H groups in total. The third-order valence-corrected chi connectivity index (χ3v) is 3.48. The monoisotopic (exact) mass is 298 g/mol. The number of aryl methyl sites for hydroxylation is 1. The molecule has 0 radical (unpaired) electrons. The molecule has 1 aromatic heterocycles. The first-order chi connectivity index (χ1) is 10.6. The Morgan fingerprint density at radius 2 is 1.95 bits per heavy atom. The van der Waals surface area contributed by atoms with E-state index in [0.29, 0.717) is 25.5 Å². The third kappa shape index (κ3) is 3.03. The Bertz CT molecular complexity index is 700. The summed E-state index contributed by atoms with van der Waals surface area (Å²) in [5.74, 6) is 1.39. The molecule has 0 saturated heterocycles. The number of rotatable bonds is 3. The minimum absolute atomic E-state index is 0.0985. The Balaban J connectivity index is 1.73. The molecule has 114 valence electrons. The number of pyridine rings is 1. The van der Waals surface area contributed by atoms with E-state index in [1.54, 1.807) is 18.0 Å². The number of carbonyl (C=O) groups excluding carboxylic acids is 1. The molecule has 1 aliphatic heterocycles. The van der Waals surface area contributed by atoms with Crippen molar-refractivity contribution in [1.82, 2.24) is 9.88 Å². The van der Waals surface area contributed by atoms with Gasteiger partial charge in [-0.15, -0.1) is 0 Å². The van der Waals surface area contributed by atoms with Crippen LogP contribution in [0.1, 0.15) is 21.7 Å². The van der Waals surface area contributed by atoms with Gasteiger partial charge in [0.2, 0.25) is 0 Å². The van der Waals surface area contributed by atoms with Gasteiger partial charge in [-0.2, -0.15) is 0 Å². The highest BCUT2D eigenvalue weighted by molar-refractivity contribution is 5.92. The van der Waals surface area contributed by atoms with Crippen molar-refractivity contribution < 1.29 is 14.3 Å². The quantitative estimate of drug-likeness (QED) is 0.873. The molecular weight excluding hydrogens is 280 g/mol. The summed E-state index contributed by atoms with van der Waals surface area (Å²) >= 11 is 0. The first kappa shape index (κ1) is 14.4. The van der Waals surface area contributed by atoms with Crippen LogP contribution in [0.4, 0.5) is 0 Å². The Labute approximate surface area is 129 Å². The van der Waals surface area contributed by atoms with Crippen molar-refractivity contribution in [2.24, 2.45) is 0 Å². The summed E-state index contributed by atoms with van der Waals surface area (Å²) in [6.45, 7) is 3.49. The SMILES string of the molecule is Cc1cccc(C(=O)N(C)Cc2ccc3c(c2)OCCO3)n1. The second-order valence-electron chi connectivity index (χ2n) is 5.30. The van der Waals surface area contributed by atoms with Gasteiger partial charge in [0.15, 0.2) is 11.5 Å². The van der Waals surface area contributed by atoms with Gasteiger partial charge >= 0.3 is 0 Å². The van der Waals surface area contributed by atoms with Gasteiger partial charge < -0.3 is 14.4 Å². The molecule has 2 aromatic rings. The fourth-order valence-corrected chi connectivity index (χ4v) is 2.39. The van der Waals surface area contributed by atoms with E-state index in [1.165, 1.54) is 0 Å². The normalized spacial score (nSPS) is 12.8. The fraction of sp³-hybridized carbons (Fsp3) is 0.294. The zero-order valence-corrected chi connectivity index (χ0v) is 12.7. The second kappa shape index (κ2) is 6.05. The van der Waals surface area contributed by atoms with Crippen molar-refractivity contribution in [2.75, 3.05) is 20.3 Å². The topological polar surface area (TPSA) is 51.7 Å². The number of hydrogen-bond donors (Lipinski definition) is 0. The number of amides is 1. The summed E-state index contributed by atoms with van der Waals surface area (Å²) in [6, 6.07) is 11.2. The highest BCUT2D eigenvalue weighted by Gasteiger charge is 2.16. The smallest absolute Gasteiger partial charge is 0.272 e. The van der Waals surface area contributed by atoms with Crippen molar-refractivity contribution >= 4 is 5.91 Å². The van der Waals surface area contributed by atoms with Crippen molar-refractivity contribution in [2.45, 2.75) is 13.5 Å². The van der Waals surface area contributed by atoms with E-state index in [9.17, 15) is 4.79 Å². The number of ether oxygens (including phenoxy) is 2. The molecule has 2 heterocycles. The fourth-order valence-electron chi connectivity index (χ4n) is 2.39. The molecule has 1 aliphatic rings. The van der Waals surface area contributed by atoms with Gasteiger partial charge in [-0.3, -0.25) is 4.79 Å². The maximum Gasteiger partial charge on any atom is 0.272 e. The number of benzene rings is 1. The molecule has 0 bridgehead atoms. The molecule has 22 heavy (non-hydrogen) atoms. The van der Waals surface area contributed by atoms with E-state index in [-0.39, 0.29) is 5.91 Å². The Morgan fingerprint density at radius 1 is 1.18 bits per heavy atom. The summed E-state index contributed by atoms with van der Waals surface area (Å²) in [5.41, 5.74) is 2.28. The van der Waals surface area contributed by atoms with Gasteiger partial charge in [-0.05, 0) is 36.8 Å². The average molecular weight is 298 g/mol. The molecule has 1 aromatic carbocycles. The van der Waals surface area contributed by atoms with Crippen molar-refractivity contribution in [3.8, 4) is 11.5 Å². The van der Waals surface area contributed by atoms with Gasteiger partial charge in [-0.25, -0.2) is 4.98 Å². The molecule has 1 amide bonds. The Kier molecular flexibility index (Phi) is 3.96. The number of hydrogen-bond acceptors (Lipinski definition) is 4. The van der Waals surface area contributed by atoms with Gasteiger partial charge in [0, 0.05) is 19.3 Å². The highest BCUT2D eigenvalue weighted by Crippen LogP contribution is 2.31. The summed E-state index contributed by atoms with van der Waals surface area (Å²) in [7, 11) is 1.77. The van der Waals surface area contributed by atoms with Gasteiger partial charge in [0.05, 0.1) is 0 Å². The first-order valence-corrected chi connectivity index (χ1v) is 7.21. The van der Waals surface area contributed by atoms with Crippen LogP contribution >= 0.6 is 0 Å². The zero-order valence-electron chi connectivity index (χ0n) is 12.7. The van der Waals surface area contributed by atoms with E-state index in [2.05, 4.69) is 4.98 Å². The molecular formula is C17H18N2O3. The van der Waals surface area contributed by atoms with E-state index in [0.717, 1.165) is 22.8 Å². The lowest BCUT2D eigenvalue weighted by Crippen LogP contribution is -2.27. The van der Waals surface area contributed by atoms with E-state index in [1.807, 2.05) is 37.3 Å². The molecule has 5 nitrogen and oxygen atoms in total. The maximum atomic E-state index is 12.4. The predicted octanol–water partition coefficient (Wildman–Crippen LogP) is 2.43. The molecule has 0 atom stereocenters. The number of fused-ring (bicyclic) bond motifs is 1. The van der Waals surface area contributed by atoms with Crippen molar-refractivity contribution in [3.63, 3.8) is 0 Å². The van der Waals surface area contributed by atoms with Crippen LogP contribution in [0.5, 0.6) is 11.5 Å². The number of carbonyl (C=O) groups is 1. The average Bonchev–Trinajstić information content (AvgIpc) is 2.54. The van der Waals surface area contributed by atoms with Crippen LogP contribution in [0.2, 0.25) is 0 Å². The van der Waals surface area contributed by atoms with Crippen molar-refractivity contribution in [1.29, 1.82) is 0 Å². The lowest BCUT2D eigenvalue weighted by atomic mass is 10.1. The van der Waals surface area contributed by atoms with Crippen LogP contribution in [0.3, 0.4) is 0 Å². The van der Waals surface area contributed by atoms with Gasteiger partial charge in [0.1, 0.15) is 18.9 Å². The summed E-state index contributed by atoms with van der Waals surface area (Å²) in [6.07, 6.45) is 0. The lowest BCUT2D eigenvalue weighted by Gasteiger charge is -2.21. The minimum Gasteiger partial charge on any atom is -0.486 e. The lowest BCUT2D eigenvalue weighted by molar-refractivity contribution is 0.0778. The van der Waals surface area contributed by atoms with E-state index < -0.39 is 0 Å². The zero-order chi connectivity index (χ0) is 15.5. The van der Waals surface area contributed by atoms with Crippen LogP contribution in [0, 0.1) is 6.92 Å². The minimum atomic E-state index is -0.0985. The standard InChI is InChI=1S/C17H18N2O3/c1-12-4-3-5-14(18-12)17(20)19(2)11-13-6-7-15-16(10-13)22-9-8-21-15/h3-7,10H,8-9,11H2,1-2H3. The molecule has 0 fully saturated rings. The summed E-state index contributed by atoms with van der Waals surface area (Å²) in [5, 5.41) is 0. The van der Waals surface area contributed by atoms with Crippen LogP contribution in [0.15, 0.2) is 36.4 Å². The number of aromatic nitrogens is 1. The largest absolute Gasteiger partial charge is 0.486 e. The molecule has 0 aliphatic carbocycles. The van der Waals surface area contributed by atoms with Crippen LogP contribution in [-0.2, 0) is 6.54 Å². The van der Waals surface area contributed by atoms with Gasteiger partial charge in [-0.1, -0.05) is 12.1 Å². The Morgan fingerprint density at radius 3 is 2.73 bits per heavy atom. The third-order valence-electron chi connectivity index (χ3n) is 3.48. The maximum absolute atomic E-state index is 12.4. The molecule has 0 spiro atoms. The Hall–Kier alpha value is -2.56. The van der Waals surface area contributed by atoms with Crippen LogP contribution < -0.4 is 9.47 Å². The first-order valence-electron chi connectivity index (χ1n) is 7.21. The second-order valence-corrected chi connectivity index (χ2v) is 5.30. The molecule has 0 unspecified atom stereocenters. The molecule has 0 saturated carbocycles. The highest BCUT2D eigenvalue weighted by atomic mass is 16.6. The van der Waals surface area contributed by atoms with Crippen molar-refractivity contribution in [3.05, 3.63) is 53.3 Å². The molecule has 3 rings (SSSR count). The molecule has 5 heteroatoms. The van der Waals surface area contributed by atoms with Crippen LogP contribution in [-0.4, -0.2) is 36.1 Å². The van der Waals surface area contributed by atoms with Gasteiger partial charge in [0.25, 0.3) is 5.91 Å².